The predicted molar refractivity (Wildman–Crippen MR) is 104 cm³/mol. The van der Waals surface area contributed by atoms with E-state index in [4.69, 9.17) is 4.74 Å². The van der Waals surface area contributed by atoms with Crippen molar-refractivity contribution in [3.05, 3.63) is 42.7 Å². The highest BCUT2D eigenvalue weighted by molar-refractivity contribution is 6.13. The molecule has 0 bridgehead atoms. The molecule has 2 heterocycles. The van der Waals surface area contributed by atoms with Crippen molar-refractivity contribution in [3.63, 3.8) is 0 Å². The zero-order valence-corrected chi connectivity index (χ0v) is 15.8. The van der Waals surface area contributed by atoms with Crippen LogP contribution in [0.3, 0.4) is 0 Å². The fourth-order valence-corrected chi connectivity index (χ4v) is 3.48. The molecule has 4 rings (SSSR count). The van der Waals surface area contributed by atoms with Gasteiger partial charge in [-0.1, -0.05) is 6.07 Å². The van der Waals surface area contributed by atoms with Crippen molar-refractivity contribution in [3.8, 4) is 5.75 Å². The van der Waals surface area contributed by atoms with Gasteiger partial charge < -0.3 is 19.9 Å². The Morgan fingerprint density at radius 2 is 1.79 bits per heavy atom. The largest absolute Gasteiger partial charge is 0.497 e. The summed E-state index contributed by atoms with van der Waals surface area (Å²) in [6.07, 6.45) is 4.59. The lowest BCUT2D eigenvalue weighted by Gasteiger charge is -2.36. The van der Waals surface area contributed by atoms with Gasteiger partial charge in [0.15, 0.2) is 0 Å². The van der Waals surface area contributed by atoms with Crippen molar-refractivity contribution in [1.29, 1.82) is 0 Å². The third-order valence-corrected chi connectivity index (χ3v) is 5.32. The fraction of sp³-hybridized carbons (Fsp3) is 0.400. The van der Waals surface area contributed by atoms with Crippen molar-refractivity contribution in [2.45, 2.75) is 12.8 Å². The molecule has 146 valence electrons. The van der Waals surface area contributed by atoms with E-state index in [0.29, 0.717) is 56.4 Å². The highest BCUT2D eigenvalue weighted by Gasteiger charge is 2.58. The van der Waals surface area contributed by atoms with E-state index in [9.17, 15) is 9.59 Å². The summed E-state index contributed by atoms with van der Waals surface area (Å²) < 4.78 is 5.19. The summed E-state index contributed by atoms with van der Waals surface area (Å²) >= 11 is 0. The van der Waals surface area contributed by atoms with Crippen LogP contribution in [0.4, 0.5) is 11.6 Å². The summed E-state index contributed by atoms with van der Waals surface area (Å²) in [6.45, 7) is 2.43. The quantitative estimate of drug-likeness (QED) is 0.791. The number of benzene rings is 1. The van der Waals surface area contributed by atoms with Crippen molar-refractivity contribution in [2.24, 2.45) is 5.41 Å². The van der Waals surface area contributed by atoms with E-state index in [1.54, 1.807) is 48.7 Å². The number of ether oxygens (including phenoxy) is 1. The minimum atomic E-state index is -0.936. The van der Waals surface area contributed by atoms with Crippen molar-refractivity contribution >= 4 is 23.5 Å². The monoisotopic (exact) mass is 381 g/mol. The Labute approximate surface area is 163 Å². The summed E-state index contributed by atoms with van der Waals surface area (Å²) in [4.78, 5) is 38.3. The van der Waals surface area contributed by atoms with Gasteiger partial charge >= 0.3 is 0 Å². The topological polar surface area (TPSA) is 87.7 Å². The van der Waals surface area contributed by atoms with Gasteiger partial charge in [-0.2, -0.15) is 0 Å². The first-order valence-electron chi connectivity index (χ1n) is 9.39. The average molecular weight is 381 g/mol. The van der Waals surface area contributed by atoms with E-state index in [-0.39, 0.29) is 11.8 Å². The second-order valence-electron chi connectivity index (χ2n) is 7.10. The SMILES string of the molecule is COc1cccc(NC(=O)C2(C(=O)N3CCN(c4ncccn4)CC3)CC2)c1. The summed E-state index contributed by atoms with van der Waals surface area (Å²) in [5, 5.41) is 2.88. The number of hydrogen-bond acceptors (Lipinski definition) is 6. The van der Waals surface area contributed by atoms with Crippen LogP contribution in [-0.4, -0.2) is 60.0 Å². The van der Waals surface area contributed by atoms with Gasteiger partial charge in [-0.3, -0.25) is 9.59 Å². The second kappa shape index (κ2) is 7.46. The first-order chi connectivity index (χ1) is 13.6. The molecule has 1 aromatic heterocycles. The number of nitrogens with zero attached hydrogens (tertiary/aromatic N) is 4. The van der Waals surface area contributed by atoms with Crippen molar-refractivity contribution in [1.82, 2.24) is 14.9 Å². The molecule has 2 fully saturated rings. The average Bonchev–Trinajstić information content (AvgIpc) is 3.56. The number of amides is 2. The zero-order chi connectivity index (χ0) is 19.6. The number of rotatable bonds is 5. The number of methoxy groups -OCH3 is 1. The normalized spacial score (nSPS) is 17.8. The maximum atomic E-state index is 13.1. The van der Waals surface area contributed by atoms with Gasteiger partial charge in [0.1, 0.15) is 11.2 Å². The highest BCUT2D eigenvalue weighted by atomic mass is 16.5. The Kier molecular flexibility index (Phi) is 4.85. The fourth-order valence-electron chi connectivity index (χ4n) is 3.48. The Morgan fingerprint density at radius 3 is 2.43 bits per heavy atom. The number of anilines is 2. The smallest absolute Gasteiger partial charge is 0.240 e. The minimum absolute atomic E-state index is 0.0819. The van der Waals surface area contributed by atoms with Crippen LogP contribution >= 0.6 is 0 Å². The maximum Gasteiger partial charge on any atom is 0.240 e. The Hall–Kier alpha value is -3.16. The van der Waals surface area contributed by atoms with E-state index in [1.807, 2.05) is 6.07 Å². The zero-order valence-electron chi connectivity index (χ0n) is 15.8. The van der Waals surface area contributed by atoms with Gasteiger partial charge in [0.05, 0.1) is 7.11 Å². The third kappa shape index (κ3) is 3.49. The molecule has 1 aromatic carbocycles. The lowest BCUT2D eigenvalue weighted by atomic mass is 10.0. The molecule has 1 saturated heterocycles. The number of nitrogens with one attached hydrogen (secondary N) is 1. The number of carbonyl (C=O) groups excluding carboxylic acids is 2. The lowest BCUT2D eigenvalue weighted by Crippen LogP contribution is -2.53. The van der Waals surface area contributed by atoms with Crippen LogP contribution in [0.2, 0.25) is 0 Å². The van der Waals surface area contributed by atoms with Gasteiger partial charge in [0.2, 0.25) is 17.8 Å². The summed E-state index contributed by atoms with van der Waals surface area (Å²) in [5.41, 5.74) is -0.302. The molecule has 0 unspecified atom stereocenters. The van der Waals surface area contributed by atoms with Crippen LogP contribution in [-0.2, 0) is 9.59 Å². The van der Waals surface area contributed by atoms with E-state index in [2.05, 4.69) is 20.2 Å². The van der Waals surface area contributed by atoms with Crippen LogP contribution in [0, 0.1) is 5.41 Å². The molecule has 1 aliphatic heterocycles. The minimum Gasteiger partial charge on any atom is -0.497 e. The number of aromatic nitrogens is 2. The molecule has 1 saturated carbocycles. The van der Waals surface area contributed by atoms with E-state index >= 15 is 0 Å². The predicted octanol–water partition coefficient (Wildman–Crippen LogP) is 1.55. The van der Waals surface area contributed by atoms with Crippen LogP contribution in [0.1, 0.15) is 12.8 Å². The highest BCUT2D eigenvalue weighted by Crippen LogP contribution is 2.48. The summed E-state index contributed by atoms with van der Waals surface area (Å²) in [5.74, 6) is 1.01. The maximum absolute atomic E-state index is 13.1. The standard InChI is InChI=1S/C20H23N5O3/c1-28-16-5-2-4-15(14-16)23-17(26)20(6-7-20)18(27)24-10-12-25(13-11-24)19-21-8-3-9-22-19/h2-5,8-9,14H,6-7,10-13H2,1H3,(H,23,26). The van der Waals surface area contributed by atoms with Gasteiger partial charge in [-0.15, -0.1) is 0 Å². The summed E-state index contributed by atoms with van der Waals surface area (Å²) in [6, 6.07) is 8.93. The van der Waals surface area contributed by atoms with E-state index < -0.39 is 5.41 Å². The molecule has 8 nitrogen and oxygen atoms in total. The molecular formula is C20H23N5O3. The van der Waals surface area contributed by atoms with Crippen LogP contribution in [0.5, 0.6) is 5.75 Å². The molecule has 1 N–H and O–H groups in total. The molecule has 0 atom stereocenters. The first-order valence-corrected chi connectivity index (χ1v) is 9.39. The lowest BCUT2D eigenvalue weighted by molar-refractivity contribution is -0.142. The van der Waals surface area contributed by atoms with E-state index in [0.717, 1.165) is 0 Å². The van der Waals surface area contributed by atoms with Crippen molar-refractivity contribution < 1.29 is 14.3 Å². The second-order valence-corrected chi connectivity index (χ2v) is 7.10. The molecule has 0 radical (unpaired) electrons. The summed E-state index contributed by atoms with van der Waals surface area (Å²) in [7, 11) is 1.58. The van der Waals surface area contributed by atoms with Crippen molar-refractivity contribution in [2.75, 3.05) is 43.5 Å². The number of hydrogen-bond donors (Lipinski definition) is 1. The molecule has 0 spiro atoms. The van der Waals surface area contributed by atoms with Crippen LogP contribution < -0.4 is 15.0 Å². The Morgan fingerprint density at radius 1 is 1.07 bits per heavy atom. The Bertz CT molecular complexity index is 861. The first kappa shape index (κ1) is 18.2. The molecule has 1 aliphatic carbocycles. The molecule has 2 aliphatic rings. The third-order valence-electron chi connectivity index (χ3n) is 5.32. The van der Waals surface area contributed by atoms with Gasteiger partial charge in [-0.25, -0.2) is 9.97 Å². The molecule has 28 heavy (non-hydrogen) atoms. The number of carbonyl (C=O) groups is 2. The van der Waals surface area contributed by atoms with E-state index in [1.165, 1.54) is 0 Å². The molecule has 2 amide bonds. The van der Waals surface area contributed by atoms with Crippen LogP contribution in [0.25, 0.3) is 0 Å². The number of piperazine rings is 1. The van der Waals surface area contributed by atoms with Crippen LogP contribution in [0.15, 0.2) is 42.7 Å². The Balaban J connectivity index is 1.38. The molecular weight excluding hydrogens is 358 g/mol. The van der Waals surface area contributed by atoms with Gasteiger partial charge in [0, 0.05) is 50.3 Å². The molecule has 2 aromatic rings. The van der Waals surface area contributed by atoms with Gasteiger partial charge in [0.25, 0.3) is 0 Å². The van der Waals surface area contributed by atoms with Gasteiger partial charge in [-0.05, 0) is 31.0 Å². The molecule has 8 heteroatoms.